The van der Waals surface area contributed by atoms with E-state index >= 15 is 0 Å². The van der Waals surface area contributed by atoms with Crippen LogP contribution in [0.15, 0.2) is 64.6 Å². The highest BCUT2D eigenvalue weighted by Gasteiger charge is 2.48. The number of benzene rings is 2. The maximum absolute atomic E-state index is 13.2. The van der Waals surface area contributed by atoms with Crippen LogP contribution in [0.4, 0.5) is 5.69 Å². The molecule has 1 aromatic heterocycles. The summed E-state index contributed by atoms with van der Waals surface area (Å²) in [6.07, 6.45) is 1.72. The summed E-state index contributed by atoms with van der Waals surface area (Å²) in [4.78, 5) is 27.7. The molecule has 32 heavy (non-hydrogen) atoms. The summed E-state index contributed by atoms with van der Waals surface area (Å²) in [5, 5.41) is 11.3. The van der Waals surface area contributed by atoms with Crippen molar-refractivity contribution in [3.63, 3.8) is 0 Å². The second-order valence-corrected chi connectivity index (χ2v) is 8.23. The Morgan fingerprint density at radius 3 is 2.53 bits per heavy atom. The quantitative estimate of drug-likeness (QED) is 0.366. The number of furan rings is 1. The van der Waals surface area contributed by atoms with Gasteiger partial charge in [-0.05, 0) is 74.7 Å². The summed E-state index contributed by atoms with van der Waals surface area (Å²) in [6.45, 7) is 4.41. The third-order valence-electron chi connectivity index (χ3n) is 5.97. The topological polar surface area (TPSA) is 80.0 Å². The number of aliphatic hydroxyl groups is 1. The van der Waals surface area contributed by atoms with E-state index in [4.69, 9.17) is 9.15 Å². The molecule has 1 amide bonds. The number of rotatable bonds is 3. The number of fused-ring (bicyclic) bond motifs is 1. The van der Waals surface area contributed by atoms with Crippen molar-refractivity contribution in [3.8, 4) is 5.75 Å². The van der Waals surface area contributed by atoms with E-state index in [-0.39, 0.29) is 11.3 Å². The predicted octanol–water partition coefficient (Wildman–Crippen LogP) is 4.85. The lowest BCUT2D eigenvalue weighted by Gasteiger charge is -2.23. The van der Waals surface area contributed by atoms with Gasteiger partial charge in [-0.1, -0.05) is 17.7 Å². The molecular weight excluding hydrogens is 406 g/mol. The number of hydrogen-bond donors (Lipinski definition) is 1. The first-order valence-corrected chi connectivity index (χ1v) is 10.6. The number of aliphatic hydroxyl groups excluding tert-OH is 1. The standard InChI is InChI=1S/C26H23NO5/c1-15-5-9-19(10-6-15)27-23(21-11-7-16(2)32-21)22(25(29)26(27)30)24(28)18-8-12-20-17(14-18)4-3-13-31-20/h5-12,14,23,28H,3-4,13H2,1-2H3/b24-22-. The minimum atomic E-state index is -0.862. The van der Waals surface area contributed by atoms with E-state index in [1.54, 1.807) is 43.3 Å². The summed E-state index contributed by atoms with van der Waals surface area (Å²) in [5.41, 5.74) is 3.06. The summed E-state index contributed by atoms with van der Waals surface area (Å²) in [5.74, 6) is 0.203. The van der Waals surface area contributed by atoms with E-state index in [2.05, 4.69) is 0 Å². The van der Waals surface area contributed by atoms with Crippen molar-refractivity contribution in [1.82, 2.24) is 0 Å². The Kier molecular flexibility index (Phi) is 4.85. The molecule has 3 heterocycles. The fourth-order valence-electron chi connectivity index (χ4n) is 4.34. The number of carbonyl (C=O) groups excluding carboxylic acids is 2. The van der Waals surface area contributed by atoms with Gasteiger partial charge in [0, 0.05) is 11.3 Å². The maximum Gasteiger partial charge on any atom is 0.300 e. The molecule has 6 heteroatoms. The zero-order valence-electron chi connectivity index (χ0n) is 17.9. The molecule has 1 N–H and O–H groups in total. The van der Waals surface area contributed by atoms with Crippen molar-refractivity contribution in [2.75, 3.05) is 11.5 Å². The molecule has 1 unspecified atom stereocenters. The molecule has 162 valence electrons. The molecule has 2 aliphatic rings. The summed E-state index contributed by atoms with van der Waals surface area (Å²) in [6, 6.07) is 15.3. The van der Waals surface area contributed by atoms with E-state index in [1.807, 2.05) is 25.1 Å². The van der Waals surface area contributed by atoms with Gasteiger partial charge in [-0.2, -0.15) is 0 Å². The first-order valence-electron chi connectivity index (χ1n) is 10.6. The van der Waals surface area contributed by atoms with Gasteiger partial charge in [0.1, 0.15) is 29.1 Å². The van der Waals surface area contributed by atoms with Gasteiger partial charge in [-0.3, -0.25) is 14.5 Å². The third-order valence-corrected chi connectivity index (χ3v) is 5.97. The van der Waals surface area contributed by atoms with Crippen LogP contribution in [0, 0.1) is 13.8 Å². The molecule has 2 aliphatic heterocycles. The highest BCUT2D eigenvalue weighted by molar-refractivity contribution is 6.51. The van der Waals surface area contributed by atoms with E-state index in [0.717, 1.165) is 29.7 Å². The van der Waals surface area contributed by atoms with Crippen LogP contribution in [-0.4, -0.2) is 23.4 Å². The monoisotopic (exact) mass is 429 g/mol. The number of ether oxygens (including phenoxy) is 1. The molecule has 2 aromatic carbocycles. The Morgan fingerprint density at radius 1 is 1.03 bits per heavy atom. The molecule has 3 aromatic rings. The summed E-state index contributed by atoms with van der Waals surface area (Å²) in [7, 11) is 0. The number of aryl methyl sites for hydroxylation is 3. The zero-order valence-corrected chi connectivity index (χ0v) is 17.9. The smallest absolute Gasteiger partial charge is 0.300 e. The first kappa shape index (κ1) is 20.1. The lowest BCUT2D eigenvalue weighted by atomic mass is 9.96. The third kappa shape index (κ3) is 3.28. The molecular formula is C26H23NO5. The van der Waals surface area contributed by atoms with Gasteiger partial charge in [0.15, 0.2) is 0 Å². The van der Waals surface area contributed by atoms with Gasteiger partial charge in [-0.15, -0.1) is 0 Å². The van der Waals surface area contributed by atoms with Gasteiger partial charge in [0.05, 0.1) is 12.2 Å². The van der Waals surface area contributed by atoms with Crippen molar-refractivity contribution < 1.29 is 23.8 Å². The van der Waals surface area contributed by atoms with Gasteiger partial charge >= 0.3 is 0 Å². The van der Waals surface area contributed by atoms with Crippen LogP contribution < -0.4 is 9.64 Å². The maximum atomic E-state index is 13.2. The number of ketones is 1. The Morgan fingerprint density at radius 2 is 1.81 bits per heavy atom. The number of Topliss-reactive ketones (excluding diaryl/α,β-unsaturated/α-hetero) is 1. The number of hydrogen-bond acceptors (Lipinski definition) is 5. The lowest BCUT2D eigenvalue weighted by molar-refractivity contribution is -0.132. The normalized spacial score (nSPS) is 19.7. The van der Waals surface area contributed by atoms with Crippen LogP contribution in [0.5, 0.6) is 5.75 Å². The molecule has 0 saturated carbocycles. The second-order valence-electron chi connectivity index (χ2n) is 8.23. The molecule has 0 bridgehead atoms. The highest BCUT2D eigenvalue weighted by atomic mass is 16.5. The zero-order chi connectivity index (χ0) is 22.4. The molecule has 5 rings (SSSR count). The SMILES string of the molecule is Cc1ccc(N2C(=O)C(=O)/C(=C(\O)c3ccc4c(c3)CCCO4)C2c2ccc(C)o2)cc1. The van der Waals surface area contributed by atoms with Crippen molar-refractivity contribution in [3.05, 3.63) is 88.4 Å². The minimum Gasteiger partial charge on any atom is -0.507 e. The number of carbonyl (C=O) groups is 2. The predicted molar refractivity (Wildman–Crippen MR) is 120 cm³/mol. The first-order chi connectivity index (χ1) is 15.4. The Hall–Kier alpha value is -3.80. The average Bonchev–Trinajstić information content (AvgIpc) is 3.34. The fraction of sp³-hybridized carbons (Fsp3) is 0.231. The molecule has 0 aliphatic carbocycles. The summed E-state index contributed by atoms with van der Waals surface area (Å²) < 4.78 is 11.5. The van der Waals surface area contributed by atoms with E-state index in [1.165, 1.54) is 4.90 Å². The van der Waals surface area contributed by atoms with Crippen LogP contribution in [-0.2, 0) is 16.0 Å². The van der Waals surface area contributed by atoms with Gasteiger partial charge in [0.2, 0.25) is 0 Å². The van der Waals surface area contributed by atoms with Crippen LogP contribution >= 0.6 is 0 Å². The molecule has 1 fully saturated rings. The van der Waals surface area contributed by atoms with Crippen LogP contribution in [0.25, 0.3) is 5.76 Å². The van der Waals surface area contributed by atoms with E-state index in [9.17, 15) is 14.7 Å². The Labute approximate surface area is 185 Å². The van der Waals surface area contributed by atoms with Crippen molar-refractivity contribution in [1.29, 1.82) is 0 Å². The van der Waals surface area contributed by atoms with Gasteiger partial charge < -0.3 is 14.3 Å². The van der Waals surface area contributed by atoms with Crippen LogP contribution in [0.3, 0.4) is 0 Å². The van der Waals surface area contributed by atoms with Crippen molar-refractivity contribution >= 4 is 23.1 Å². The Balaban J connectivity index is 1.68. The lowest BCUT2D eigenvalue weighted by Crippen LogP contribution is -2.29. The number of nitrogens with zero attached hydrogens (tertiary/aromatic N) is 1. The van der Waals surface area contributed by atoms with Gasteiger partial charge in [0.25, 0.3) is 11.7 Å². The van der Waals surface area contributed by atoms with E-state index in [0.29, 0.717) is 29.4 Å². The minimum absolute atomic E-state index is 0.0154. The van der Waals surface area contributed by atoms with Gasteiger partial charge in [-0.25, -0.2) is 0 Å². The van der Waals surface area contributed by atoms with Crippen molar-refractivity contribution in [2.45, 2.75) is 32.7 Å². The molecule has 1 atom stereocenters. The molecule has 0 radical (unpaired) electrons. The number of anilines is 1. The van der Waals surface area contributed by atoms with E-state index < -0.39 is 17.7 Å². The van der Waals surface area contributed by atoms with Crippen LogP contribution in [0.1, 0.15) is 40.7 Å². The number of amides is 1. The molecule has 1 saturated heterocycles. The van der Waals surface area contributed by atoms with Crippen LogP contribution in [0.2, 0.25) is 0 Å². The highest BCUT2D eigenvalue weighted by Crippen LogP contribution is 2.43. The molecule has 6 nitrogen and oxygen atoms in total. The average molecular weight is 429 g/mol. The fourth-order valence-corrected chi connectivity index (χ4v) is 4.34. The largest absolute Gasteiger partial charge is 0.507 e. The molecule has 0 spiro atoms. The summed E-state index contributed by atoms with van der Waals surface area (Å²) >= 11 is 0. The Bertz CT molecular complexity index is 1250. The van der Waals surface area contributed by atoms with Crippen molar-refractivity contribution in [2.24, 2.45) is 0 Å². The second kappa shape index (κ2) is 7.71.